The third kappa shape index (κ3) is 4.16. The Hall–Kier alpha value is -1.69. The first kappa shape index (κ1) is 14.7. The first-order chi connectivity index (χ1) is 9.66. The van der Waals surface area contributed by atoms with Crippen LogP contribution in [0.25, 0.3) is 0 Å². The first-order valence-electron chi connectivity index (χ1n) is 6.44. The van der Waals surface area contributed by atoms with Gasteiger partial charge >= 0.3 is 0 Å². The number of rotatable bonds is 6. The molecule has 1 aromatic heterocycles. The average Bonchev–Trinajstić information content (AvgIpc) is 3.00. The van der Waals surface area contributed by atoms with Gasteiger partial charge in [-0.15, -0.1) is 0 Å². The van der Waals surface area contributed by atoms with E-state index in [1.807, 2.05) is 47.2 Å². The molecule has 0 fully saturated rings. The van der Waals surface area contributed by atoms with Gasteiger partial charge < -0.3 is 16.2 Å². The summed E-state index contributed by atoms with van der Waals surface area (Å²) in [6, 6.07) is 11.0. The zero-order chi connectivity index (χ0) is 14.4. The van der Waals surface area contributed by atoms with Gasteiger partial charge in [0.25, 0.3) is 0 Å². The van der Waals surface area contributed by atoms with E-state index >= 15 is 0 Å². The van der Waals surface area contributed by atoms with Crippen LogP contribution in [0.5, 0.6) is 0 Å². The Kier molecular flexibility index (Phi) is 5.29. The highest BCUT2D eigenvalue weighted by Gasteiger charge is 2.13. The summed E-state index contributed by atoms with van der Waals surface area (Å²) in [5.41, 5.74) is 7.73. The van der Waals surface area contributed by atoms with Gasteiger partial charge in [-0.3, -0.25) is 4.79 Å². The molecule has 1 amide bonds. The Labute approximate surface area is 122 Å². The summed E-state index contributed by atoms with van der Waals surface area (Å²) < 4.78 is 0. The maximum absolute atomic E-state index is 11.8. The average molecular weight is 290 g/mol. The fourth-order valence-electron chi connectivity index (χ4n) is 1.88. The number of thiophene rings is 1. The van der Waals surface area contributed by atoms with Crippen LogP contribution in [0.2, 0.25) is 0 Å². The number of hydrogen-bond acceptors (Lipinski definition) is 4. The third-order valence-corrected chi connectivity index (χ3v) is 3.76. The zero-order valence-corrected chi connectivity index (χ0v) is 11.8. The summed E-state index contributed by atoms with van der Waals surface area (Å²) in [5.74, 6) is -0.157. The standard InChI is InChI=1S/C15H18N2O2S/c16-13(11-4-2-1-3-5-11)8-15(19)17-9-14(18)12-6-7-20-10-12/h1-7,10,13-14,18H,8-9,16H2,(H,17,19). The normalized spacial score (nSPS) is 13.7. The third-order valence-electron chi connectivity index (χ3n) is 3.05. The van der Waals surface area contributed by atoms with Gasteiger partial charge in [-0.2, -0.15) is 11.3 Å². The number of nitrogens with two attached hydrogens (primary N) is 1. The van der Waals surface area contributed by atoms with E-state index in [-0.39, 0.29) is 24.9 Å². The maximum Gasteiger partial charge on any atom is 0.222 e. The largest absolute Gasteiger partial charge is 0.387 e. The predicted octanol–water partition coefficient (Wildman–Crippen LogP) is 1.99. The van der Waals surface area contributed by atoms with E-state index in [1.54, 1.807) is 0 Å². The summed E-state index contributed by atoms with van der Waals surface area (Å²) in [5, 5.41) is 16.3. The Bertz CT molecular complexity index is 528. The van der Waals surface area contributed by atoms with Crippen LogP contribution >= 0.6 is 11.3 Å². The minimum absolute atomic E-state index is 0.157. The monoisotopic (exact) mass is 290 g/mol. The topological polar surface area (TPSA) is 75.4 Å². The van der Waals surface area contributed by atoms with Gasteiger partial charge in [0.2, 0.25) is 5.91 Å². The van der Waals surface area contributed by atoms with Gasteiger partial charge in [0, 0.05) is 19.0 Å². The fourth-order valence-corrected chi connectivity index (χ4v) is 2.59. The van der Waals surface area contributed by atoms with Crippen molar-refractivity contribution < 1.29 is 9.90 Å². The van der Waals surface area contributed by atoms with Crippen LogP contribution in [0.4, 0.5) is 0 Å². The highest BCUT2D eigenvalue weighted by atomic mass is 32.1. The molecule has 2 rings (SSSR count). The van der Waals surface area contributed by atoms with Crippen molar-refractivity contribution in [1.29, 1.82) is 0 Å². The highest BCUT2D eigenvalue weighted by Crippen LogP contribution is 2.16. The number of aliphatic hydroxyl groups excluding tert-OH is 1. The molecule has 106 valence electrons. The second-order valence-electron chi connectivity index (χ2n) is 4.60. The molecule has 0 saturated heterocycles. The number of carbonyl (C=O) groups excluding carboxylic acids is 1. The Morgan fingerprint density at radius 1 is 1.25 bits per heavy atom. The molecule has 2 atom stereocenters. The molecule has 1 aromatic carbocycles. The van der Waals surface area contributed by atoms with Crippen molar-refractivity contribution in [2.75, 3.05) is 6.54 Å². The number of benzene rings is 1. The van der Waals surface area contributed by atoms with Crippen molar-refractivity contribution in [2.24, 2.45) is 5.73 Å². The molecule has 0 radical (unpaired) electrons. The fraction of sp³-hybridized carbons (Fsp3) is 0.267. The number of aliphatic hydroxyl groups is 1. The van der Waals surface area contributed by atoms with Gasteiger partial charge in [0.05, 0.1) is 6.10 Å². The Balaban J connectivity index is 1.78. The lowest BCUT2D eigenvalue weighted by molar-refractivity contribution is -0.121. The number of carbonyl (C=O) groups is 1. The molecule has 0 aliphatic heterocycles. The van der Waals surface area contributed by atoms with Gasteiger partial charge in [-0.05, 0) is 28.0 Å². The first-order valence-corrected chi connectivity index (χ1v) is 7.38. The molecular weight excluding hydrogens is 272 g/mol. The number of nitrogens with one attached hydrogen (secondary N) is 1. The van der Waals surface area contributed by atoms with Gasteiger partial charge in [-0.25, -0.2) is 0 Å². The predicted molar refractivity (Wildman–Crippen MR) is 80.3 cm³/mol. The summed E-state index contributed by atoms with van der Waals surface area (Å²) >= 11 is 1.52. The molecule has 0 bridgehead atoms. The molecule has 4 N–H and O–H groups in total. The van der Waals surface area contributed by atoms with E-state index < -0.39 is 6.10 Å². The molecule has 0 aliphatic carbocycles. The second kappa shape index (κ2) is 7.19. The SMILES string of the molecule is NC(CC(=O)NCC(O)c1ccsc1)c1ccccc1. The molecule has 1 heterocycles. The lowest BCUT2D eigenvalue weighted by Gasteiger charge is -2.14. The molecule has 0 aliphatic rings. The molecule has 4 nitrogen and oxygen atoms in total. The van der Waals surface area contributed by atoms with Crippen molar-refractivity contribution in [3.63, 3.8) is 0 Å². The second-order valence-corrected chi connectivity index (χ2v) is 5.38. The maximum atomic E-state index is 11.8. The van der Waals surface area contributed by atoms with E-state index in [0.29, 0.717) is 0 Å². The van der Waals surface area contributed by atoms with Crippen LogP contribution in [0.15, 0.2) is 47.2 Å². The zero-order valence-electron chi connectivity index (χ0n) is 11.0. The molecule has 0 saturated carbocycles. The van der Waals surface area contributed by atoms with Crippen molar-refractivity contribution in [1.82, 2.24) is 5.32 Å². The van der Waals surface area contributed by atoms with Gasteiger partial charge in [0.1, 0.15) is 0 Å². The molecule has 2 aromatic rings. The van der Waals surface area contributed by atoms with E-state index in [0.717, 1.165) is 11.1 Å². The van der Waals surface area contributed by atoms with E-state index in [2.05, 4.69) is 5.32 Å². The number of hydrogen-bond donors (Lipinski definition) is 3. The minimum atomic E-state index is -0.668. The van der Waals surface area contributed by atoms with Crippen molar-refractivity contribution in [3.05, 3.63) is 58.3 Å². The summed E-state index contributed by atoms with van der Waals surface area (Å²) in [6.45, 7) is 0.205. The summed E-state index contributed by atoms with van der Waals surface area (Å²) in [6.07, 6.45) is -0.460. The Morgan fingerprint density at radius 2 is 2.00 bits per heavy atom. The van der Waals surface area contributed by atoms with Crippen LogP contribution < -0.4 is 11.1 Å². The molecule has 5 heteroatoms. The molecule has 2 unspecified atom stereocenters. The Morgan fingerprint density at radius 3 is 2.65 bits per heavy atom. The van der Waals surface area contributed by atoms with E-state index in [9.17, 15) is 9.90 Å². The van der Waals surface area contributed by atoms with Gasteiger partial charge in [0.15, 0.2) is 0 Å². The smallest absolute Gasteiger partial charge is 0.222 e. The van der Waals surface area contributed by atoms with Crippen molar-refractivity contribution in [3.8, 4) is 0 Å². The molecule has 0 spiro atoms. The van der Waals surface area contributed by atoms with Crippen molar-refractivity contribution in [2.45, 2.75) is 18.6 Å². The van der Waals surface area contributed by atoms with E-state index in [1.165, 1.54) is 11.3 Å². The quantitative estimate of drug-likeness (QED) is 0.761. The van der Waals surface area contributed by atoms with Crippen molar-refractivity contribution >= 4 is 17.2 Å². The number of amides is 1. The van der Waals surface area contributed by atoms with Crippen LogP contribution in [-0.4, -0.2) is 17.6 Å². The summed E-state index contributed by atoms with van der Waals surface area (Å²) in [7, 11) is 0. The molecule has 20 heavy (non-hydrogen) atoms. The lowest BCUT2D eigenvalue weighted by Crippen LogP contribution is -2.30. The van der Waals surface area contributed by atoms with Crippen LogP contribution in [-0.2, 0) is 4.79 Å². The van der Waals surface area contributed by atoms with Crippen LogP contribution in [0.1, 0.15) is 29.7 Å². The van der Waals surface area contributed by atoms with Gasteiger partial charge in [-0.1, -0.05) is 30.3 Å². The van der Waals surface area contributed by atoms with Crippen LogP contribution in [0, 0.1) is 0 Å². The summed E-state index contributed by atoms with van der Waals surface area (Å²) in [4.78, 5) is 11.8. The molecular formula is C15H18N2O2S. The lowest BCUT2D eigenvalue weighted by atomic mass is 10.0. The van der Waals surface area contributed by atoms with E-state index in [4.69, 9.17) is 5.73 Å². The minimum Gasteiger partial charge on any atom is -0.387 e. The van der Waals surface area contributed by atoms with Crippen LogP contribution in [0.3, 0.4) is 0 Å². The highest BCUT2D eigenvalue weighted by molar-refractivity contribution is 7.07.